The molecular weight excluding hydrogens is 124 g/mol. The molecule has 0 bridgehead atoms. The smallest absolute Gasteiger partial charge is 0.226 e. The van der Waals surface area contributed by atoms with E-state index in [2.05, 4.69) is 4.74 Å². The minimum Gasteiger partial charge on any atom is -0.390 e. The first-order valence-corrected chi connectivity index (χ1v) is 2.67. The molecule has 1 rings (SSSR count). The molecule has 1 saturated heterocycles. The Hall–Kier alpha value is -0.450. The van der Waals surface area contributed by atoms with Gasteiger partial charge >= 0.3 is 0 Å². The van der Waals surface area contributed by atoms with Gasteiger partial charge in [0.1, 0.15) is 0 Å². The van der Waals surface area contributed by atoms with Crippen molar-refractivity contribution in [2.75, 3.05) is 6.61 Å². The second kappa shape index (κ2) is 2.06. The Kier molecular flexibility index (Phi) is 1.52. The van der Waals surface area contributed by atoms with Crippen molar-refractivity contribution in [1.29, 1.82) is 0 Å². The summed E-state index contributed by atoms with van der Waals surface area (Å²) in [6.07, 6.45) is -0.431. The number of hydrogen-bond donors (Lipinski definition) is 2. The van der Waals surface area contributed by atoms with E-state index in [9.17, 15) is 4.79 Å². The standard InChI is InChI=1S/C5H8O4/c6-3-5(8)1-4(7)2-9-5/h3-4,7-8H,1-2H2. The van der Waals surface area contributed by atoms with Crippen molar-refractivity contribution in [3.8, 4) is 0 Å². The van der Waals surface area contributed by atoms with E-state index in [0.29, 0.717) is 6.29 Å². The Labute approximate surface area is 52.1 Å². The largest absolute Gasteiger partial charge is 0.390 e. The summed E-state index contributed by atoms with van der Waals surface area (Å²) >= 11 is 0. The summed E-state index contributed by atoms with van der Waals surface area (Å²) in [6.45, 7) is 0.0369. The first kappa shape index (κ1) is 6.67. The third-order valence-corrected chi connectivity index (χ3v) is 1.24. The van der Waals surface area contributed by atoms with Crippen LogP contribution in [0, 0.1) is 0 Å². The highest BCUT2D eigenvalue weighted by molar-refractivity contribution is 5.60. The van der Waals surface area contributed by atoms with Crippen molar-refractivity contribution in [2.24, 2.45) is 0 Å². The average molecular weight is 132 g/mol. The number of aliphatic hydroxyl groups excluding tert-OH is 1. The highest BCUT2D eigenvalue weighted by Crippen LogP contribution is 2.19. The molecule has 0 aromatic rings. The number of rotatable bonds is 1. The second-order valence-electron chi connectivity index (χ2n) is 2.13. The van der Waals surface area contributed by atoms with E-state index in [1.54, 1.807) is 0 Å². The Bertz CT molecular complexity index is 124. The highest BCUT2D eigenvalue weighted by atomic mass is 16.6. The van der Waals surface area contributed by atoms with E-state index in [1.165, 1.54) is 0 Å². The molecule has 0 radical (unpaired) electrons. The van der Waals surface area contributed by atoms with E-state index in [4.69, 9.17) is 10.2 Å². The number of hydrogen-bond acceptors (Lipinski definition) is 4. The minimum absolute atomic E-state index is 0.0174. The molecule has 1 aliphatic rings. The molecule has 2 unspecified atom stereocenters. The predicted octanol–water partition coefficient (Wildman–Crippen LogP) is -1.34. The lowest BCUT2D eigenvalue weighted by Crippen LogP contribution is -2.29. The number of aldehydes is 1. The molecule has 1 fully saturated rings. The normalized spacial score (nSPS) is 43.1. The fourth-order valence-electron chi connectivity index (χ4n) is 0.778. The van der Waals surface area contributed by atoms with Gasteiger partial charge in [-0.2, -0.15) is 0 Å². The molecule has 0 saturated carbocycles. The Morgan fingerprint density at radius 3 is 2.67 bits per heavy atom. The summed E-state index contributed by atoms with van der Waals surface area (Å²) < 4.78 is 4.54. The van der Waals surface area contributed by atoms with E-state index in [1.807, 2.05) is 0 Å². The molecule has 0 aromatic heterocycles. The Morgan fingerprint density at radius 2 is 2.44 bits per heavy atom. The summed E-state index contributed by atoms with van der Waals surface area (Å²) in [7, 11) is 0. The van der Waals surface area contributed by atoms with Gasteiger partial charge in [-0.05, 0) is 0 Å². The number of carbonyl (C=O) groups is 1. The van der Waals surface area contributed by atoms with Crippen LogP contribution >= 0.6 is 0 Å². The van der Waals surface area contributed by atoms with Crippen LogP contribution in [-0.2, 0) is 9.53 Å². The molecule has 0 aromatic carbocycles. The first-order valence-electron chi connectivity index (χ1n) is 2.67. The van der Waals surface area contributed by atoms with Crippen molar-refractivity contribution in [3.05, 3.63) is 0 Å². The molecule has 2 N–H and O–H groups in total. The van der Waals surface area contributed by atoms with Crippen LogP contribution in [0.15, 0.2) is 0 Å². The minimum atomic E-state index is -1.72. The number of carbonyl (C=O) groups excluding carboxylic acids is 1. The van der Waals surface area contributed by atoms with Gasteiger partial charge in [-0.15, -0.1) is 0 Å². The lowest BCUT2D eigenvalue weighted by atomic mass is 10.2. The first-order chi connectivity index (χ1) is 4.16. The lowest BCUT2D eigenvalue weighted by Gasteiger charge is -2.10. The van der Waals surface area contributed by atoms with Crippen molar-refractivity contribution < 1.29 is 19.7 Å². The molecule has 1 aliphatic heterocycles. The van der Waals surface area contributed by atoms with Gasteiger partial charge in [-0.1, -0.05) is 0 Å². The highest BCUT2D eigenvalue weighted by Gasteiger charge is 2.37. The number of ether oxygens (including phenoxy) is 1. The van der Waals surface area contributed by atoms with Crippen molar-refractivity contribution in [1.82, 2.24) is 0 Å². The van der Waals surface area contributed by atoms with Gasteiger partial charge in [0, 0.05) is 6.42 Å². The number of aliphatic hydroxyl groups is 2. The summed E-state index contributed by atoms with van der Waals surface area (Å²) in [5.41, 5.74) is 0. The van der Waals surface area contributed by atoms with Crippen LogP contribution in [0.2, 0.25) is 0 Å². The molecule has 0 spiro atoms. The van der Waals surface area contributed by atoms with Crippen LogP contribution in [0.3, 0.4) is 0 Å². The van der Waals surface area contributed by atoms with Gasteiger partial charge in [0.2, 0.25) is 5.79 Å². The quantitative estimate of drug-likeness (QED) is 0.433. The van der Waals surface area contributed by atoms with Crippen molar-refractivity contribution in [3.63, 3.8) is 0 Å². The maximum atomic E-state index is 9.99. The summed E-state index contributed by atoms with van der Waals surface area (Å²) in [5.74, 6) is -1.72. The third kappa shape index (κ3) is 1.27. The molecule has 1 heterocycles. The molecule has 4 heteroatoms. The topological polar surface area (TPSA) is 66.8 Å². The maximum absolute atomic E-state index is 9.99. The van der Waals surface area contributed by atoms with E-state index in [-0.39, 0.29) is 13.0 Å². The molecule has 2 atom stereocenters. The van der Waals surface area contributed by atoms with E-state index in [0.717, 1.165) is 0 Å². The zero-order valence-corrected chi connectivity index (χ0v) is 4.78. The zero-order chi connectivity index (χ0) is 6.91. The Balaban J connectivity index is 2.54. The zero-order valence-electron chi connectivity index (χ0n) is 4.78. The monoisotopic (exact) mass is 132 g/mol. The SMILES string of the molecule is O=CC1(O)CC(O)CO1. The fourth-order valence-corrected chi connectivity index (χ4v) is 0.778. The summed E-state index contributed by atoms with van der Waals surface area (Å²) in [5, 5.41) is 17.7. The van der Waals surface area contributed by atoms with Crippen LogP contribution in [0.25, 0.3) is 0 Å². The maximum Gasteiger partial charge on any atom is 0.226 e. The van der Waals surface area contributed by atoms with Gasteiger partial charge in [-0.3, -0.25) is 4.79 Å². The van der Waals surface area contributed by atoms with Crippen molar-refractivity contribution >= 4 is 6.29 Å². The van der Waals surface area contributed by atoms with Crippen molar-refractivity contribution in [2.45, 2.75) is 18.3 Å². The average Bonchev–Trinajstić information content (AvgIpc) is 2.13. The van der Waals surface area contributed by atoms with Gasteiger partial charge in [0.15, 0.2) is 6.29 Å². The Morgan fingerprint density at radius 1 is 1.78 bits per heavy atom. The van der Waals surface area contributed by atoms with Gasteiger partial charge in [0.25, 0.3) is 0 Å². The summed E-state index contributed by atoms with van der Waals surface area (Å²) in [6, 6.07) is 0. The molecular formula is C5H8O4. The van der Waals surface area contributed by atoms with Gasteiger partial charge < -0.3 is 14.9 Å². The lowest BCUT2D eigenvalue weighted by molar-refractivity contribution is -0.173. The van der Waals surface area contributed by atoms with E-state index >= 15 is 0 Å². The van der Waals surface area contributed by atoms with Gasteiger partial charge in [-0.25, -0.2) is 0 Å². The molecule has 52 valence electrons. The van der Waals surface area contributed by atoms with Crippen LogP contribution in [-0.4, -0.2) is 35.0 Å². The van der Waals surface area contributed by atoms with Gasteiger partial charge in [0.05, 0.1) is 12.7 Å². The van der Waals surface area contributed by atoms with Crippen LogP contribution in [0.1, 0.15) is 6.42 Å². The molecule has 0 aliphatic carbocycles. The summed E-state index contributed by atoms with van der Waals surface area (Å²) in [4.78, 5) is 9.99. The second-order valence-corrected chi connectivity index (χ2v) is 2.13. The van der Waals surface area contributed by atoms with Crippen LogP contribution < -0.4 is 0 Å². The molecule has 4 nitrogen and oxygen atoms in total. The fraction of sp³-hybridized carbons (Fsp3) is 0.800. The van der Waals surface area contributed by atoms with Crippen LogP contribution in [0.4, 0.5) is 0 Å². The predicted molar refractivity (Wildman–Crippen MR) is 27.6 cm³/mol. The molecule has 9 heavy (non-hydrogen) atoms. The third-order valence-electron chi connectivity index (χ3n) is 1.24. The van der Waals surface area contributed by atoms with Crippen LogP contribution in [0.5, 0.6) is 0 Å². The van der Waals surface area contributed by atoms with E-state index < -0.39 is 11.9 Å². The molecule has 0 amide bonds.